The van der Waals surface area contributed by atoms with Gasteiger partial charge in [-0.15, -0.1) is 0 Å². The number of nitrogens with one attached hydrogen (secondary N) is 2. The van der Waals surface area contributed by atoms with Crippen molar-refractivity contribution >= 4 is 23.3 Å². The van der Waals surface area contributed by atoms with Crippen LogP contribution in [0.3, 0.4) is 0 Å². The molecule has 0 aliphatic carbocycles. The molecule has 2 aromatic carbocycles. The summed E-state index contributed by atoms with van der Waals surface area (Å²) in [5.74, 6) is -1.03. The van der Waals surface area contributed by atoms with Crippen LogP contribution in [-0.2, 0) is 9.53 Å². The minimum atomic E-state index is -0.392. The van der Waals surface area contributed by atoms with E-state index in [4.69, 9.17) is 4.74 Å². The third-order valence-corrected chi connectivity index (χ3v) is 3.12. The summed E-state index contributed by atoms with van der Waals surface area (Å²) in [4.78, 5) is 23.7. The highest BCUT2D eigenvalue weighted by atomic mass is 19.1. The van der Waals surface area contributed by atoms with Gasteiger partial charge < -0.3 is 15.4 Å². The first-order valence-corrected chi connectivity index (χ1v) is 7.65. The molecule has 0 aliphatic heterocycles. The van der Waals surface area contributed by atoms with E-state index in [2.05, 4.69) is 10.6 Å². The lowest BCUT2D eigenvalue weighted by molar-refractivity contribution is -0.114. The largest absolute Gasteiger partial charge is 0.462 e. The van der Waals surface area contributed by atoms with Crippen LogP contribution in [0.2, 0.25) is 0 Å². The van der Waals surface area contributed by atoms with Crippen LogP contribution >= 0.6 is 0 Å². The van der Waals surface area contributed by atoms with Gasteiger partial charge in [0, 0.05) is 11.4 Å². The molecule has 0 aliphatic rings. The smallest absolute Gasteiger partial charge is 0.338 e. The molecule has 0 spiro atoms. The normalized spacial score (nSPS) is 10.1. The lowest BCUT2D eigenvalue weighted by atomic mass is 10.2. The minimum absolute atomic E-state index is 0.0187. The number of carbonyl (C=O) groups is 2. The molecule has 0 fully saturated rings. The van der Waals surface area contributed by atoms with Crippen LogP contribution in [0.1, 0.15) is 23.7 Å². The maximum absolute atomic E-state index is 12.8. The Hall–Kier alpha value is -2.89. The van der Waals surface area contributed by atoms with Gasteiger partial charge in [-0.1, -0.05) is 13.0 Å². The molecule has 126 valence electrons. The number of anilines is 2. The minimum Gasteiger partial charge on any atom is -0.462 e. The van der Waals surface area contributed by atoms with E-state index in [1.807, 2.05) is 6.92 Å². The third kappa shape index (κ3) is 5.39. The van der Waals surface area contributed by atoms with Crippen molar-refractivity contribution in [1.29, 1.82) is 0 Å². The highest BCUT2D eigenvalue weighted by Crippen LogP contribution is 2.12. The summed E-state index contributed by atoms with van der Waals surface area (Å²) in [7, 11) is 0. The van der Waals surface area contributed by atoms with Gasteiger partial charge in [-0.05, 0) is 48.9 Å². The number of hydrogen-bond acceptors (Lipinski definition) is 4. The zero-order chi connectivity index (χ0) is 17.4. The van der Waals surface area contributed by atoms with Gasteiger partial charge in [-0.2, -0.15) is 0 Å². The highest BCUT2D eigenvalue weighted by Gasteiger charge is 2.08. The average Bonchev–Trinajstić information content (AvgIpc) is 2.60. The molecule has 2 rings (SSSR count). The Balaban J connectivity index is 1.88. The van der Waals surface area contributed by atoms with Crippen molar-refractivity contribution in [3.63, 3.8) is 0 Å². The number of carbonyl (C=O) groups excluding carboxylic acids is 2. The molecule has 0 atom stereocenters. The van der Waals surface area contributed by atoms with Gasteiger partial charge in [0.15, 0.2) is 0 Å². The SMILES string of the molecule is CCCOC(=O)c1cccc(NCC(=O)Nc2ccc(F)cc2)c1. The average molecular weight is 330 g/mol. The van der Waals surface area contributed by atoms with Crippen molar-refractivity contribution in [1.82, 2.24) is 0 Å². The highest BCUT2D eigenvalue weighted by molar-refractivity contribution is 5.94. The van der Waals surface area contributed by atoms with E-state index in [1.54, 1.807) is 24.3 Å². The monoisotopic (exact) mass is 330 g/mol. The molecule has 6 heteroatoms. The molecule has 0 radical (unpaired) electrons. The number of amides is 1. The van der Waals surface area contributed by atoms with Gasteiger partial charge in [0.2, 0.25) is 5.91 Å². The number of ether oxygens (including phenoxy) is 1. The lowest BCUT2D eigenvalue weighted by Gasteiger charge is -2.09. The second kappa shape index (κ2) is 8.67. The van der Waals surface area contributed by atoms with Crippen molar-refractivity contribution in [2.75, 3.05) is 23.8 Å². The van der Waals surface area contributed by atoms with Crippen molar-refractivity contribution in [3.8, 4) is 0 Å². The fourth-order valence-corrected chi connectivity index (χ4v) is 1.95. The Morgan fingerprint density at radius 2 is 1.83 bits per heavy atom. The van der Waals surface area contributed by atoms with E-state index in [0.29, 0.717) is 23.5 Å². The van der Waals surface area contributed by atoms with Gasteiger partial charge in [-0.25, -0.2) is 9.18 Å². The predicted octanol–water partition coefficient (Wildman–Crippen LogP) is 3.44. The lowest BCUT2D eigenvalue weighted by Crippen LogP contribution is -2.21. The molecule has 5 nitrogen and oxygen atoms in total. The summed E-state index contributed by atoms with van der Waals surface area (Å²) in [5.41, 5.74) is 1.57. The Bertz CT molecular complexity index is 702. The number of rotatable bonds is 7. The molecule has 24 heavy (non-hydrogen) atoms. The van der Waals surface area contributed by atoms with Crippen LogP contribution in [0.15, 0.2) is 48.5 Å². The van der Waals surface area contributed by atoms with Crippen LogP contribution in [-0.4, -0.2) is 25.0 Å². The Morgan fingerprint density at radius 1 is 1.08 bits per heavy atom. The predicted molar refractivity (Wildman–Crippen MR) is 90.5 cm³/mol. The molecular weight excluding hydrogens is 311 g/mol. The summed E-state index contributed by atoms with van der Waals surface area (Å²) in [6, 6.07) is 12.3. The van der Waals surface area contributed by atoms with Gasteiger partial charge in [0.1, 0.15) is 5.82 Å². The number of halogens is 1. The number of esters is 1. The summed E-state index contributed by atoms with van der Waals surface area (Å²) < 4.78 is 17.9. The topological polar surface area (TPSA) is 67.4 Å². The van der Waals surface area contributed by atoms with Crippen LogP contribution in [0.4, 0.5) is 15.8 Å². The van der Waals surface area contributed by atoms with Crippen molar-refractivity contribution < 1.29 is 18.7 Å². The molecule has 0 saturated heterocycles. The first-order valence-electron chi connectivity index (χ1n) is 7.65. The van der Waals surface area contributed by atoms with E-state index in [1.165, 1.54) is 24.3 Å². The maximum Gasteiger partial charge on any atom is 0.338 e. The Morgan fingerprint density at radius 3 is 2.54 bits per heavy atom. The van der Waals surface area contributed by atoms with Crippen LogP contribution in [0.25, 0.3) is 0 Å². The van der Waals surface area contributed by atoms with Crippen molar-refractivity contribution in [2.45, 2.75) is 13.3 Å². The summed E-state index contributed by atoms with van der Waals surface area (Å²) in [6.07, 6.45) is 0.757. The van der Waals surface area contributed by atoms with Crippen LogP contribution in [0.5, 0.6) is 0 Å². The summed E-state index contributed by atoms with van der Waals surface area (Å²) >= 11 is 0. The van der Waals surface area contributed by atoms with E-state index in [9.17, 15) is 14.0 Å². The second-order valence-corrected chi connectivity index (χ2v) is 5.13. The van der Waals surface area contributed by atoms with Crippen molar-refractivity contribution in [2.24, 2.45) is 0 Å². The maximum atomic E-state index is 12.8. The van der Waals surface area contributed by atoms with E-state index >= 15 is 0 Å². The zero-order valence-electron chi connectivity index (χ0n) is 13.3. The molecule has 2 aromatic rings. The molecule has 0 bridgehead atoms. The van der Waals surface area contributed by atoms with Crippen molar-refractivity contribution in [3.05, 3.63) is 59.9 Å². The first-order chi connectivity index (χ1) is 11.6. The fraction of sp³-hybridized carbons (Fsp3) is 0.222. The van der Waals surface area contributed by atoms with Gasteiger partial charge in [0.05, 0.1) is 18.7 Å². The molecule has 2 N–H and O–H groups in total. The third-order valence-electron chi connectivity index (χ3n) is 3.12. The molecule has 1 amide bonds. The molecule has 0 saturated carbocycles. The van der Waals surface area contributed by atoms with E-state index in [-0.39, 0.29) is 18.3 Å². The second-order valence-electron chi connectivity index (χ2n) is 5.13. The zero-order valence-corrected chi connectivity index (χ0v) is 13.3. The molecule has 0 aromatic heterocycles. The van der Waals surface area contributed by atoms with Gasteiger partial charge in [-0.3, -0.25) is 4.79 Å². The Labute approximate surface area is 139 Å². The van der Waals surface area contributed by atoms with E-state index in [0.717, 1.165) is 6.42 Å². The fourth-order valence-electron chi connectivity index (χ4n) is 1.95. The molecule has 0 heterocycles. The summed E-state index contributed by atoms with van der Waals surface area (Å²) in [6.45, 7) is 2.31. The molecular formula is C18H19FN2O3. The van der Waals surface area contributed by atoms with Gasteiger partial charge in [0.25, 0.3) is 0 Å². The molecule has 0 unspecified atom stereocenters. The first kappa shape index (κ1) is 17.5. The quantitative estimate of drug-likeness (QED) is 0.763. The number of hydrogen-bond donors (Lipinski definition) is 2. The van der Waals surface area contributed by atoms with Crippen LogP contribution < -0.4 is 10.6 Å². The standard InChI is InChI=1S/C18H19FN2O3/c1-2-10-24-18(23)13-4-3-5-16(11-13)20-12-17(22)21-15-8-6-14(19)7-9-15/h3-9,11,20H,2,10,12H2,1H3,(H,21,22). The van der Waals surface area contributed by atoms with E-state index < -0.39 is 5.97 Å². The Kier molecular flexibility index (Phi) is 6.31. The van der Waals surface area contributed by atoms with Gasteiger partial charge >= 0.3 is 5.97 Å². The summed E-state index contributed by atoms with van der Waals surface area (Å²) in [5, 5.41) is 5.58. The van der Waals surface area contributed by atoms with Crippen LogP contribution in [0, 0.1) is 5.82 Å². The number of benzene rings is 2.